The van der Waals surface area contributed by atoms with Crippen LogP contribution in [0.15, 0.2) is 0 Å². The average Bonchev–Trinajstić information content (AvgIpc) is 2.65. The summed E-state index contributed by atoms with van der Waals surface area (Å²) < 4.78 is 0. The maximum atomic E-state index is 11.9. The van der Waals surface area contributed by atoms with Crippen LogP contribution in [0.2, 0.25) is 0 Å². The first-order valence-electron chi connectivity index (χ1n) is 6.40. The summed E-state index contributed by atoms with van der Waals surface area (Å²) >= 11 is 0. The summed E-state index contributed by atoms with van der Waals surface area (Å²) in [6.07, 6.45) is 9.76. The Balaban J connectivity index is 0.00000128. The highest BCUT2D eigenvalue weighted by Gasteiger charge is 2.24. The Morgan fingerprint density at radius 3 is 2.25 bits per heavy atom. The lowest BCUT2D eigenvalue weighted by atomic mass is 10.1. The van der Waals surface area contributed by atoms with Crippen molar-refractivity contribution < 1.29 is 4.79 Å². The fraction of sp³-hybridized carbons (Fsp3) is 0.917. The first-order valence-corrected chi connectivity index (χ1v) is 6.40. The zero-order chi connectivity index (χ0) is 10.5. The number of halogens is 1. The lowest BCUT2D eigenvalue weighted by molar-refractivity contribution is -0.123. The van der Waals surface area contributed by atoms with Crippen molar-refractivity contribution in [2.45, 2.75) is 63.5 Å². The molecule has 0 aromatic carbocycles. The molecule has 94 valence electrons. The predicted molar refractivity (Wildman–Crippen MR) is 67.9 cm³/mol. The molecule has 0 bridgehead atoms. The van der Waals surface area contributed by atoms with Gasteiger partial charge in [-0.3, -0.25) is 4.79 Å². The Morgan fingerprint density at radius 1 is 1.00 bits per heavy atom. The van der Waals surface area contributed by atoms with Gasteiger partial charge >= 0.3 is 0 Å². The standard InChI is InChI=1S/C12H22N2O.ClH/c15-12(11-8-5-9-13-11)14-10-6-3-1-2-4-7-10;/h10-11,13H,1-9H2,(H,14,15);1H/t11-;/m0./s1. The molecule has 2 aliphatic rings. The molecule has 1 amide bonds. The van der Waals surface area contributed by atoms with Crippen molar-refractivity contribution in [1.29, 1.82) is 0 Å². The number of rotatable bonds is 2. The third-order valence-corrected chi connectivity index (χ3v) is 3.58. The Labute approximate surface area is 104 Å². The number of hydrogen-bond donors (Lipinski definition) is 2. The van der Waals surface area contributed by atoms with Gasteiger partial charge in [0.2, 0.25) is 5.91 Å². The summed E-state index contributed by atoms with van der Waals surface area (Å²) in [4.78, 5) is 11.9. The Hall–Kier alpha value is -0.280. The van der Waals surface area contributed by atoms with Crippen LogP contribution in [0.3, 0.4) is 0 Å². The van der Waals surface area contributed by atoms with Crippen molar-refractivity contribution >= 4 is 18.3 Å². The number of hydrogen-bond acceptors (Lipinski definition) is 2. The fourth-order valence-corrected chi connectivity index (χ4v) is 2.63. The Kier molecular flexibility index (Phi) is 6.14. The van der Waals surface area contributed by atoms with Crippen LogP contribution in [0, 0.1) is 0 Å². The van der Waals surface area contributed by atoms with E-state index >= 15 is 0 Å². The van der Waals surface area contributed by atoms with Gasteiger partial charge in [-0.25, -0.2) is 0 Å². The summed E-state index contributed by atoms with van der Waals surface area (Å²) in [7, 11) is 0. The molecule has 1 aliphatic heterocycles. The third-order valence-electron chi connectivity index (χ3n) is 3.58. The topological polar surface area (TPSA) is 41.1 Å². The summed E-state index contributed by atoms with van der Waals surface area (Å²) in [5.74, 6) is 0.236. The number of carbonyl (C=O) groups is 1. The van der Waals surface area contributed by atoms with Gasteiger partial charge in [-0.2, -0.15) is 0 Å². The first kappa shape index (κ1) is 13.8. The quantitative estimate of drug-likeness (QED) is 0.732. The van der Waals surface area contributed by atoms with Gasteiger partial charge in [-0.05, 0) is 32.2 Å². The van der Waals surface area contributed by atoms with Crippen LogP contribution < -0.4 is 10.6 Å². The molecule has 0 unspecified atom stereocenters. The lowest BCUT2D eigenvalue weighted by Gasteiger charge is -2.19. The van der Waals surface area contributed by atoms with Gasteiger partial charge in [0.25, 0.3) is 0 Å². The monoisotopic (exact) mass is 246 g/mol. The highest BCUT2D eigenvalue weighted by molar-refractivity contribution is 5.85. The van der Waals surface area contributed by atoms with Gasteiger partial charge in [0.05, 0.1) is 6.04 Å². The van der Waals surface area contributed by atoms with E-state index in [0.717, 1.165) is 19.4 Å². The molecular formula is C12H23ClN2O. The zero-order valence-corrected chi connectivity index (χ0v) is 10.7. The van der Waals surface area contributed by atoms with Crippen LogP contribution in [0.5, 0.6) is 0 Å². The van der Waals surface area contributed by atoms with E-state index in [1.54, 1.807) is 0 Å². The van der Waals surface area contributed by atoms with Crippen molar-refractivity contribution in [2.75, 3.05) is 6.54 Å². The predicted octanol–water partition coefficient (Wildman–Crippen LogP) is 2.00. The maximum Gasteiger partial charge on any atom is 0.237 e. The van der Waals surface area contributed by atoms with Gasteiger partial charge in [0.1, 0.15) is 0 Å². The second-order valence-electron chi connectivity index (χ2n) is 4.85. The van der Waals surface area contributed by atoms with Crippen LogP contribution in [0.1, 0.15) is 51.4 Å². The lowest BCUT2D eigenvalue weighted by Crippen LogP contribution is -2.45. The maximum absolute atomic E-state index is 11.9. The molecule has 1 aliphatic carbocycles. The molecule has 0 spiro atoms. The van der Waals surface area contributed by atoms with Crippen molar-refractivity contribution in [3.05, 3.63) is 0 Å². The molecule has 0 aromatic rings. The smallest absolute Gasteiger partial charge is 0.237 e. The van der Waals surface area contributed by atoms with Crippen molar-refractivity contribution in [1.82, 2.24) is 10.6 Å². The van der Waals surface area contributed by atoms with E-state index in [4.69, 9.17) is 0 Å². The Morgan fingerprint density at radius 2 is 1.69 bits per heavy atom. The number of carbonyl (C=O) groups excluding carboxylic acids is 1. The van der Waals surface area contributed by atoms with E-state index in [1.165, 1.54) is 38.5 Å². The van der Waals surface area contributed by atoms with Gasteiger partial charge < -0.3 is 10.6 Å². The molecule has 2 fully saturated rings. The second-order valence-corrected chi connectivity index (χ2v) is 4.85. The normalized spacial score (nSPS) is 26.9. The van der Waals surface area contributed by atoms with E-state index < -0.39 is 0 Å². The molecule has 0 radical (unpaired) electrons. The van der Waals surface area contributed by atoms with Gasteiger partial charge in [0.15, 0.2) is 0 Å². The van der Waals surface area contributed by atoms with Crippen LogP contribution in [0.4, 0.5) is 0 Å². The van der Waals surface area contributed by atoms with Crippen LogP contribution in [0.25, 0.3) is 0 Å². The second kappa shape index (κ2) is 7.13. The molecule has 1 heterocycles. The SMILES string of the molecule is Cl.O=C(NC1CCCCCC1)[C@@H]1CCCN1. The summed E-state index contributed by atoms with van der Waals surface area (Å²) in [5.41, 5.74) is 0. The van der Waals surface area contributed by atoms with Gasteiger partial charge in [-0.1, -0.05) is 25.7 Å². The average molecular weight is 247 g/mol. The van der Waals surface area contributed by atoms with E-state index in [1.807, 2.05) is 0 Å². The summed E-state index contributed by atoms with van der Waals surface area (Å²) in [6.45, 7) is 1.00. The fourth-order valence-electron chi connectivity index (χ4n) is 2.63. The summed E-state index contributed by atoms with van der Waals surface area (Å²) in [5, 5.41) is 6.45. The highest BCUT2D eigenvalue weighted by Crippen LogP contribution is 2.17. The van der Waals surface area contributed by atoms with Crippen LogP contribution in [-0.2, 0) is 4.79 Å². The van der Waals surface area contributed by atoms with E-state index in [0.29, 0.717) is 6.04 Å². The van der Waals surface area contributed by atoms with E-state index in [2.05, 4.69) is 10.6 Å². The number of amides is 1. The Bertz CT molecular complexity index is 209. The molecular weight excluding hydrogens is 224 g/mol. The summed E-state index contributed by atoms with van der Waals surface area (Å²) in [6, 6.07) is 0.538. The molecule has 3 nitrogen and oxygen atoms in total. The van der Waals surface area contributed by atoms with Gasteiger partial charge in [-0.15, -0.1) is 12.4 Å². The minimum Gasteiger partial charge on any atom is -0.352 e. The van der Waals surface area contributed by atoms with Crippen LogP contribution in [-0.4, -0.2) is 24.5 Å². The molecule has 1 atom stereocenters. The van der Waals surface area contributed by atoms with Crippen LogP contribution >= 0.6 is 12.4 Å². The van der Waals surface area contributed by atoms with Crippen molar-refractivity contribution in [3.63, 3.8) is 0 Å². The first-order chi connectivity index (χ1) is 7.36. The number of nitrogens with one attached hydrogen (secondary N) is 2. The van der Waals surface area contributed by atoms with Gasteiger partial charge in [0, 0.05) is 6.04 Å². The van der Waals surface area contributed by atoms with Crippen molar-refractivity contribution in [3.8, 4) is 0 Å². The molecule has 16 heavy (non-hydrogen) atoms. The molecule has 4 heteroatoms. The van der Waals surface area contributed by atoms with Crippen molar-refractivity contribution in [2.24, 2.45) is 0 Å². The molecule has 1 saturated carbocycles. The van der Waals surface area contributed by atoms with E-state index in [-0.39, 0.29) is 24.4 Å². The molecule has 2 N–H and O–H groups in total. The van der Waals surface area contributed by atoms with E-state index in [9.17, 15) is 4.79 Å². The molecule has 2 rings (SSSR count). The minimum atomic E-state index is 0. The minimum absolute atomic E-state index is 0. The third kappa shape index (κ3) is 3.95. The molecule has 1 saturated heterocycles. The largest absolute Gasteiger partial charge is 0.352 e. The highest BCUT2D eigenvalue weighted by atomic mass is 35.5. The zero-order valence-electron chi connectivity index (χ0n) is 9.84. The molecule has 0 aromatic heterocycles.